The highest BCUT2D eigenvalue weighted by atomic mass is 16.5. The summed E-state index contributed by atoms with van der Waals surface area (Å²) < 4.78 is 10.5. The van der Waals surface area contributed by atoms with E-state index in [-0.39, 0.29) is 0 Å². The Hall–Kier alpha value is -2.74. The van der Waals surface area contributed by atoms with E-state index in [0.29, 0.717) is 22.9 Å². The lowest BCUT2D eigenvalue weighted by atomic mass is 10.1. The van der Waals surface area contributed by atoms with Crippen LogP contribution in [0.25, 0.3) is 0 Å². The van der Waals surface area contributed by atoms with Crippen LogP contribution in [0.15, 0.2) is 30.5 Å². The number of methoxy groups -OCH3 is 2. The number of aryl methyl sites for hydroxylation is 1. The molecule has 2 rings (SSSR count). The van der Waals surface area contributed by atoms with Crippen LogP contribution >= 0.6 is 0 Å². The fourth-order valence-corrected chi connectivity index (χ4v) is 1.84. The van der Waals surface area contributed by atoms with Gasteiger partial charge in [0.25, 0.3) is 0 Å². The molecule has 0 atom stereocenters. The van der Waals surface area contributed by atoms with Crippen molar-refractivity contribution in [2.45, 2.75) is 6.92 Å². The fourth-order valence-electron chi connectivity index (χ4n) is 1.84. The van der Waals surface area contributed by atoms with Crippen LogP contribution < -0.4 is 14.8 Å². The summed E-state index contributed by atoms with van der Waals surface area (Å²) in [5, 5.41) is 12.2. The van der Waals surface area contributed by atoms with Crippen molar-refractivity contribution in [1.82, 2.24) is 4.98 Å². The van der Waals surface area contributed by atoms with Crippen molar-refractivity contribution in [3.63, 3.8) is 0 Å². The SMILES string of the molecule is COc1cc(C)c(Nc2ncccc2C#N)cc1OC. The molecule has 0 spiro atoms. The van der Waals surface area contributed by atoms with Gasteiger partial charge in [0.05, 0.1) is 19.8 Å². The Bertz CT molecular complexity index is 663. The zero-order valence-corrected chi connectivity index (χ0v) is 11.6. The second-order valence-electron chi connectivity index (χ2n) is 4.16. The Morgan fingerprint density at radius 3 is 2.55 bits per heavy atom. The van der Waals surface area contributed by atoms with Crippen molar-refractivity contribution >= 4 is 11.5 Å². The highest BCUT2D eigenvalue weighted by Gasteiger charge is 2.10. The lowest BCUT2D eigenvalue weighted by molar-refractivity contribution is 0.355. The molecule has 102 valence electrons. The number of anilines is 2. The van der Waals surface area contributed by atoms with Crippen LogP contribution in [0.4, 0.5) is 11.5 Å². The van der Waals surface area contributed by atoms with Crippen molar-refractivity contribution in [2.24, 2.45) is 0 Å². The minimum absolute atomic E-state index is 0.488. The number of nitrogens with one attached hydrogen (secondary N) is 1. The summed E-state index contributed by atoms with van der Waals surface area (Å²) in [4.78, 5) is 4.18. The molecule has 2 aromatic rings. The highest BCUT2D eigenvalue weighted by Crippen LogP contribution is 2.34. The summed E-state index contributed by atoms with van der Waals surface area (Å²) in [6, 6.07) is 9.24. The molecule has 0 unspecified atom stereocenters. The Morgan fingerprint density at radius 2 is 1.90 bits per heavy atom. The van der Waals surface area contributed by atoms with Gasteiger partial charge in [0, 0.05) is 18.0 Å². The van der Waals surface area contributed by atoms with Crippen LogP contribution in [0.3, 0.4) is 0 Å². The molecular formula is C15H15N3O2. The van der Waals surface area contributed by atoms with Crippen LogP contribution in [0.1, 0.15) is 11.1 Å². The molecular weight excluding hydrogens is 254 g/mol. The van der Waals surface area contributed by atoms with Crippen molar-refractivity contribution in [2.75, 3.05) is 19.5 Å². The molecule has 0 aliphatic rings. The third kappa shape index (κ3) is 2.64. The number of hydrogen-bond acceptors (Lipinski definition) is 5. The summed E-state index contributed by atoms with van der Waals surface area (Å²) in [6.07, 6.45) is 1.64. The number of aromatic nitrogens is 1. The topological polar surface area (TPSA) is 67.2 Å². The monoisotopic (exact) mass is 269 g/mol. The van der Waals surface area contributed by atoms with Gasteiger partial charge in [0.2, 0.25) is 0 Å². The van der Waals surface area contributed by atoms with Gasteiger partial charge in [0.1, 0.15) is 11.9 Å². The van der Waals surface area contributed by atoms with E-state index in [0.717, 1.165) is 11.3 Å². The molecule has 20 heavy (non-hydrogen) atoms. The molecule has 1 N–H and O–H groups in total. The molecule has 0 aliphatic heterocycles. The van der Waals surface area contributed by atoms with Gasteiger partial charge in [0.15, 0.2) is 11.5 Å². The average molecular weight is 269 g/mol. The van der Waals surface area contributed by atoms with Gasteiger partial charge in [-0.25, -0.2) is 4.98 Å². The smallest absolute Gasteiger partial charge is 0.162 e. The first kappa shape index (κ1) is 13.7. The van der Waals surface area contributed by atoms with Crippen LogP contribution in [-0.2, 0) is 0 Å². The third-order valence-corrected chi connectivity index (χ3v) is 2.91. The molecule has 0 fully saturated rings. The predicted molar refractivity (Wildman–Crippen MR) is 76.5 cm³/mol. The van der Waals surface area contributed by atoms with E-state index >= 15 is 0 Å². The first-order valence-electron chi connectivity index (χ1n) is 6.04. The number of benzene rings is 1. The molecule has 0 radical (unpaired) electrons. The van der Waals surface area contributed by atoms with Crippen molar-refractivity contribution in [3.8, 4) is 17.6 Å². The number of nitrogens with zero attached hydrogens (tertiary/aromatic N) is 2. The molecule has 5 heteroatoms. The lowest BCUT2D eigenvalue weighted by Gasteiger charge is -2.14. The minimum Gasteiger partial charge on any atom is -0.493 e. The predicted octanol–water partition coefficient (Wildman–Crippen LogP) is 3.02. The number of ether oxygens (including phenoxy) is 2. The van der Waals surface area contributed by atoms with Crippen molar-refractivity contribution in [3.05, 3.63) is 41.6 Å². The number of nitriles is 1. The van der Waals surface area contributed by atoms with E-state index in [4.69, 9.17) is 14.7 Å². The van der Waals surface area contributed by atoms with Crippen molar-refractivity contribution in [1.29, 1.82) is 5.26 Å². The van der Waals surface area contributed by atoms with E-state index in [9.17, 15) is 0 Å². The molecule has 1 aromatic carbocycles. The van der Waals surface area contributed by atoms with Gasteiger partial charge < -0.3 is 14.8 Å². The van der Waals surface area contributed by atoms with E-state index < -0.39 is 0 Å². The van der Waals surface area contributed by atoms with Crippen LogP contribution in [0.5, 0.6) is 11.5 Å². The maximum Gasteiger partial charge on any atom is 0.162 e. The van der Waals surface area contributed by atoms with Gasteiger partial charge in [-0.3, -0.25) is 0 Å². The summed E-state index contributed by atoms with van der Waals surface area (Å²) in [7, 11) is 3.18. The first-order valence-corrected chi connectivity index (χ1v) is 6.04. The average Bonchev–Trinajstić information content (AvgIpc) is 2.49. The molecule has 5 nitrogen and oxygen atoms in total. The maximum atomic E-state index is 9.07. The largest absolute Gasteiger partial charge is 0.493 e. The summed E-state index contributed by atoms with van der Waals surface area (Å²) in [5.74, 6) is 1.80. The van der Waals surface area contributed by atoms with E-state index in [1.165, 1.54) is 0 Å². The summed E-state index contributed by atoms with van der Waals surface area (Å²) in [5.41, 5.74) is 2.27. The van der Waals surface area contributed by atoms with Gasteiger partial charge in [-0.1, -0.05) is 0 Å². The molecule has 0 amide bonds. The number of pyridine rings is 1. The molecule has 1 heterocycles. The first-order chi connectivity index (χ1) is 9.69. The van der Waals surface area contributed by atoms with E-state index in [1.807, 2.05) is 19.1 Å². The lowest BCUT2D eigenvalue weighted by Crippen LogP contribution is -2.00. The number of rotatable bonds is 4. The summed E-state index contributed by atoms with van der Waals surface area (Å²) in [6.45, 7) is 1.94. The molecule has 0 aliphatic carbocycles. The Balaban J connectivity index is 2.41. The Labute approximate surface area is 117 Å². The zero-order chi connectivity index (χ0) is 14.5. The third-order valence-electron chi connectivity index (χ3n) is 2.91. The molecule has 0 saturated heterocycles. The van der Waals surface area contributed by atoms with Gasteiger partial charge >= 0.3 is 0 Å². The quantitative estimate of drug-likeness (QED) is 0.924. The second-order valence-corrected chi connectivity index (χ2v) is 4.16. The highest BCUT2D eigenvalue weighted by molar-refractivity contribution is 5.68. The standard InChI is InChI=1S/C15H15N3O2/c1-10-7-13(19-2)14(20-3)8-12(10)18-15-11(9-16)5-4-6-17-15/h4-8H,1-3H3,(H,17,18). The maximum absolute atomic E-state index is 9.07. The second kappa shape index (κ2) is 5.93. The van der Waals surface area contributed by atoms with E-state index in [2.05, 4.69) is 16.4 Å². The number of hydrogen-bond donors (Lipinski definition) is 1. The Morgan fingerprint density at radius 1 is 1.20 bits per heavy atom. The zero-order valence-electron chi connectivity index (χ0n) is 11.6. The summed E-state index contributed by atoms with van der Waals surface area (Å²) >= 11 is 0. The molecule has 0 saturated carbocycles. The van der Waals surface area contributed by atoms with Crippen LogP contribution in [0, 0.1) is 18.3 Å². The van der Waals surface area contributed by atoms with Gasteiger partial charge in [-0.05, 0) is 30.7 Å². The molecule has 1 aromatic heterocycles. The Kier molecular flexibility index (Phi) is 4.06. The van der Waals surface area contributed by atoms with Crippen LogP contribution in [-0.4, -0.2) is 19.2 Å². The van der Waals surface area contributed by atoms with Gasteiger partial charge in [-0.15, -0.1) is 0 Å². The molecule has 0 bridgehead atoms. The van der Waals surface area contributed by atoms with E-state index in [1.54, 1.807) is 32.5 Å². The van der Waals surface area contributed by atoms with Crippen LogP contribution in [0.2, 0.25) is 0 Å². The van der Waals surface area contributed by atoms with Crippen molar-refractivity contribution < 1.29 is 9.47 Å². The fraction of sp³-hybridized carbons (Fsp3) is 0.200. The normalized spacial score (nSPS) is 9.70. The minimum atomic E-state index is 0.488. The van der Waals surface area contributed by atoms with Gasteiger partial charge in [-0.2, -0.15) is 5.26 Å².